The normalized spacial score (nSPS) is 15.8. The van der Waals surface area contributed by atoms with Crippen molar-refractivity contribution in [3.63, 3.8) is 0 Å². The van der Waals surface area contributed by atoms with Gasteiger partial charge in [-0.1, -0.05) is 6.07 Å². The van der Waals surface area contributed by atoms with E-state index in [0.717, 1.165) is 25.2 Å². The first kappa shape index (κ1) is 10.5. The molecule has 0 unspecified atom stereocenters. The van der Waals surface area contributed by atoms with Crippen LogP contribution in [0.4, 0.5) is 5.69 Å². The van der Waals surface area contributed by atoms with E-state index in [1.165, 1.54) is 0 Å². The van der Waals surface area contributed by atoms with E-state index in [0.29, 0.717) is 5.96 Å². The quantitative estimate of drug-likeness (QED) is 0.774. The van der Waals surface area contributed by atoms with E-state index >= 15 is 0 Å². The molecule has 0 atom stereocenters. The van der Waals surface area contributed by atoms with Gasteiger partial charge in [-0.15, -0.1) is 0 Å². The second-order valence-corrected chi connectivity index (χ2v) is 3.60. The van der Waals surface area contributed by atoms with Gasteiger partial charge in [-0.05, 0) is 24.6 Å². The molecule has 0 amide bonds. The monoisotopic (exact) mass is 219 g/mol. The van der Waals surface area contributed by atoms with Crippen LogP contribution in [-0.2, 0) is 0 Å². The molecule has 0 aromatic heterocycles. The zero-order valence-corrected chi connectivity index (χ0v) is 8.76. The van der Waals surface area contributed by atoms with Crippen molar-refractivity contribution in [2.24, 2.45) is 10.7 Å². The molecule has 1 aliphatic rings. The van der Waals surface area contributed by atoms with E-state index in [1.54, 1.807) is 18.2 Å². The molecule has 0 spiro atoms. The number of guanidine groups is 1. The fourth-order valence-electron chi connectivity index (χ4n) is 1.69. The molecule has 1 aliphatic heterocycles. The number of nitrogens with two attached hydrogens (primary N) is 1. The number of hydrogen-bond acceptors (Lipinski definition) is 4. The van der Waals surface area contributed by atoms with E-state index in [9.17, 15) is 4.79 Å². The number of benzene rings is 1. The maximum absolute atomic E-state index is 10.8. The molecule has 0 bridgehead atoms. The van der Waals surface area contributed by atoms with Gasteiger partial charge in [0.05, 0.1) is 5.56 Å². The Labute approximate surface area is 93.2 Å². The van der Waals surface area contributed by atoms with E-state index in [2.05, 4.69) is 4.99 Å². The van der Waals surface area contributed by atoms with Crippen LogP contribution in [0, 0.1) is 0 Å². The van der Waals surface area contributed by atoms with E-state index in [1.807, 2.05) is 11.0 Å². The van der Waals surface area contributed by atoms with Crippen LogP contribution >= 0.6 is 0 Å². The molecule has 1 heterocycles. The Morgan fingerprint density at radius 2 is 2.31 bits per heavy atom. The molecule has 0 saturated carbocycles. The molecule has 1 aromatic rings. The fraction of sp³-hybridized carbons (Fsp3) is 0.273. The lowest BCUT2D eigenvalue weighted by Crippen LogP contribution is -2.41. The number of anilines is 1. The number of carbonyl (C=O) groups is 1. The highest BCUT2D eigenvalue weighted by Gasteiger charge is 2.15. The van der Waals surface area contributed by atoms with Gasteiger partial charge in [-0.2, -0.15) is 0 Å². The van der Waals surface area contributed by atoms with Gasteiger partial charge < -0.3 is 15.7 Å². The van der Waals surface area contributed by atoms with Crippen molar-refractivity contribution in [3.05, 3.63) is 29.8 Å². The summed E-state index contributed by atoms with van der Waals surface area (Å²) in [4.78, 5) is 16.8. The third-order valence-electron chi connectivity index (χ3n) is 2.49. The van der Waals surface area contributed by atoms with Crippen molar-refractivity contribution >= 4 is 17.6 Å². The number of carboxylic acid groups (broad SMARTS) is 1. The minimum absolute atomic E-state index is 0.260. The lowest BCUT2D eigenvalue weighted by Gasteiger charge is -2.26. The number of nitrogens with zero attached hydrogens (tertiary/aromatic N) is 2. The third kappa shape index (κ3) is 1.98. The fourth-order valence-corrected chi connectivity index (χ4v) is 1.69. The van der Waals surface area contributed by atoms with E-state index in [4.69, 9.17) is 10.8 Å². The van der Waals surface area contributed by atoms with E-state index in [-0.39, 0.29) is 5.56 Å². The number of hydrogen-bond donors (Lipinski definition) is 2. The van der Waals surface area contributed by atoms with E-state index < -0.39 is 5.97 Å². The highest BCUT2D eigenvalue weighted by Crippen LogP contribution is 2.18. The Hall–Kier alpha value is -2.04. The van der Waals surface area contributed by atoms with Crippen molar-refractivity contribution < 1.29 is 9.90 Å². The number of aliphatic imine (C=N–C) groups is 1. The van der Waals surface area contributed by atoms with Gasteiger partial charge in [-0.3, -0.25) is 4.99 Å². The maximum atomic E-state index is 10.8. The Morgan fingerprint density at radius 1 is 1.50 bits per heavy atom. The van der Waals surface area contributed by atoms with Gasteiger partial charge in [0.2, 0.25) is 0 Å². The molecule has 0 aliphatic carbocycles. The first-order valence-electron chi connectivity index (χ1n) is 5.09. The first-order chi connectivity index (χ1) is 7.68. The van der Waals surface area contributed by atoms with Crippen molar-refractivity contribution in [2.75, 3.05) is 18.0 Å². The SMILES string of the molecule is NC1=NCCCN1c1cccc(C(=O)O)c1. The maximum Gasteiger partial charge on any atom is 0.335 e. The largest absolute Gasteiger partial charge is 0.478 e. The third-order valence-corrected chi connectivity index (χ3v) is 2.49. The Morgan fingerprint density at radius 3 is 3.00 bits per heavy atom. The predicted octanol–water partition coefficient (Wildman–Crippen LogP) is 0.910. The smallest absolute Gasteiger partial charge is 0.335 e. The highest BCUT2D eigenvalue weighted by atomic mass is 16.4. The molecule has 16 heavy (non-hydrogen) atoms. The Bertz CT molecular complexity index is 443. The van der Waals surface area contributed by atoms with Crippen molar-refractivity contribution in [3.8, 4) is 0 Å². The lowest BCUT2D eigenvalue weighted by molar-refractivity contribution is 0.0697. The molecule has 0 fully saturated rings. The summed E-state index contributed by atoms with van der Waals surface area (Å²) in [5.41, 5.74) is 6.80. The second kappa shape index (κ2) is 4.22. The predicted molar refractivity (Wildman–Crippen MR) is 61.9 cm³/mol. The first-order valence-corrected chi connectivity index (χ1v) is 5.09. The molecule has 0 saturated heterocycles. The summed E-state index contributed by atoms with van der Waals surface area (Å²) in [6.45, 7) is 1.51. The van der Waals surface area contributed by atoms with Crippen LogP contribution in [0.3, 0.4) is 0 Å². The van der Waals surface area contributed by atoms with Crippen LogP contribution in [0.1, 0.15) is 16.8 Å². The van der Waals surface area contributed by atoms with Gasteiger partial charge in [0.25, 0.3) is 0 Å². The van der Waals surface area contributed by atoms with Crippen LogP contribution in [0.25, 0.3) is 0 Å². The van der Waals surface area contributed by atoms with Crippen LogP contribution in [-0.4, -0.2) is 30.1 Å². The van der Waals surface area contributed by atoms with Gasteiger partial charge in [0.1, 0.15) is 0 Å². The van der Waals surface area contributed by atoms with Gasteiger partial charge >= 0.3 is 5.97 Å². The summed E-state index contributed by atoms with van der Waals surface area (Å²) in [6, 6.07) is 6.71. The summed E-state index contributed by atoms with van der Waals surface area (Å²) < 4.78 is 0. The number of carboxylic acids is 1. The zero-order chi connectivity index (χ0) is 11.5. The molecular weight excluding hydrogens is 206 g/mol. The van der Waals surface area contributed by atoms with Crippen LogP contribution in [0.5, 0.6) is 0 Å². The second-order valence-electron chi connectivity index (χ2n) is 3.60. The average Bonchev–Trinajstić information content (AvgIpc) is 2.30. The minimum Gasteiger partial charge on any atom is -0.478 e. The molecule has 0 radical (unpaired) electrons. The van der Waals surface area contributed by atoms with Gasteiger partial charge in [0.15, 0.2) is 5.96 Å². The Kier molecular flexibility index (Phi) is 2.76. The molecule has 5 nitrogen and oxygen atoms in total. The summed E-state index contributed by atoms with van der Waals surface area (Å²) in [6.07, 6.45) is 0.929. The summed E-state index contributed by atoms with van der Waals surface area (Å²) in [7, 11) is 0. The summed E-state index contributed by atoms with van der Waals surface area (Å²) >= 11 is 0. The molecule has 2 rings (SSSR count). The van der Waals surface area contributed by atoms with Crippen molar-refractivity contribution in [1.82, 2.24) is 0 Å². The molecule has 3 N–H and O–H groups in total. The molecule has 1 aromatic carbocycles. The van der Waals surface area contributed by atoms with Crippen LogP contribution < -0.4 is 10.6 Å². The van der Waals surface area contributed by atoms with Crippen LogP contribution in [0.15, 0.2) is 29.3 Å². The minimum atomic E-state index is -0.936. The van der Waals surface area contributed by atoms with Crippen molar-refractivity contribution in [1.29, 1.82) is 0 Å². The number of rotatable bonds is 2. The molecule has 5 heteroatoms. The standard InChI is InChI=1S/C11H13N3O2/c12-11-13-5-2-6-14(11)9-4-1-3-8(7-9)10(15)16/h1,3-4,7H,2,5-6H2,(H2,12,13)(H,15,16). The highest BCUT2D eigenvalue weighted by molar-refractivity contribution is 5.97. The van der Waals surface area contributed by atoms with Crippen molar-refractivity contribution in [2.45, 2.75) is 6.42 Å². The summed E-state index contributed by atoms with van der Waals surface area (Å²) in [5.74, 6) is -0.483. The lowest BCUT2D eigenvalue weighted by atomic mass is 10.2. The topological polar surface area (TPSA) is 78.9 Å². The average molecular weight is 219 g/mol. The van der Waals surface area contributed by atoms with Crippen LogP contribution in [0.2, 0.25) is 0 Å². The summed E-state index contributed by atoms with van der Waals surface area (Å²) in [5, 5.41) is 8.89. The molecule has 84 valence electrons. The molecular formula is C11H13N3O2. The zero-order valence-electron chi connectivity index (χ0n) is 8.76. The van der Waals surface area contributed by atoms with Gasteiger partial charge in [-0.25, -0.2) is 4.79 Å². The Balaban J connectivity index is 2.33. The number of aromatic carboxylic acids is 1. The van der Waals surface area contributed by atoms with Gasteiger partial charge in [0, 0.05) is 18.8 Å².